The Morgan fingerprint density at radius 3 is 0.400 bits per heavy atom. The van der Waals surface area contributed by atoms with E-state index >= 15 is 0 Å². The van der Waals surface area contributed by atoms with Crippen LogP contribution in [0, 0.1) is 0 Å². The summed E-state index contributed by atoms with van der Waals surface area (Å²) in [5.74, 6) is 0. The van der Waals surface area contributed by atoms with Crippen molar-refractivity contribution in [2.24, 2.45) is 0 Å². The largest absolute Gasteiger partial charge is 0.503 e. The van der Waals surface area contributed by atoms with Gasteiger partial charge in [-0.05, 0) is 0 Å². The Kier molecular flexibility index (Phi) is 1360. The first-order chi connectivity index (χ1) is 3.46. The Balaban J connectivity index is -0.00000000187. The van der Waals surface area contributed by atoms with E-state index in [-0.39, 0.29) is 121 Å². The third-order valence-electron chi connectivity index (χ3n) is 0. The van der Waals surface area contributed by atoms with Crippen molar-refractivity contribution in [2.75, 3.05) is 0 Å². The minimum absolute atomic E-state index is 0. The summed E-state index contributed by atoms with van der Waals surface area (Å²) < 4.78 is 0. The van der Waals surface area contributed by atoms with Crippen molar-refractivity contribution in [3.05, 3.63) is 0 Å². The van der Waals surface area contributed by atoms with E-state index in [0.717, 1.165) is 0 Å². The summed E-state index contributed by atoms with van der Waals surface area (Å²) in [6, 6.07) is 0. The van der Waals surface area contributed by atoms with Crippen LogP contribution in [-0.4, -0.2) is 71.1 Å². The van der Waals surface area contributed by atoms with Gasteiger partial charge in [-0.25, -0.2) is 9.59 Å². The maximum Gasteiger partial charge on any atom is 0.503 e. The Morgan fingerprint density at radius 1 is 0.400 bits per heavy atom. The first-order valence-corrected chi connectivity index (χ1v) is 1.30. The molecule has 0 fully saturated rings. The van der Waals surface area contributed by atoms with Crippen LogP contribution in [0.5, 0.6) is 0 Å². The monoisotopic (exact) mass is 540 g/mol. The summed E-state index contributed by atoms with van der Waals surface area (Å²) in [6.07, 6.45) is -3.67. The molecule has 0 amide bonds. The zero-order chi connectivity index (χ0) is 7.15. The first-order valence-electron chi connectivity index (χ1n) is 1.30. The Bertz CT molecular complexity index is 82.8. The van der Waals surface area contributed by atoms with Crippen LogP contribution in [0.25, 0.3) is 0 Å². The average Bonchev–Trinajstić information content (AvgIpc) is 1.25. The summed E-state index contributed by atoms with van der Waals surface area (Å²) >= 11 is 0. The van der Waals surface area contributed by atoms with Gasteiger partial charge in [-0.2, -0.15) is 0 Å². The van der Waals surface area contributed by atoms with Gasteiger partial charge in [-0.1, -0.05) is 0 Å². The fourth-order valence-electron chi connectivity index (χ4n) is 0. The quantitative estimate of drug-likeness (QED) is 0.216. The van der Waals surface area contributed by atoms with E-state index in [1.54, 1.807) is 0 Å². The molecule has 0 aliphatic rings. The van der Waals surface area contributed by atoms with Crippen LogP contribution in [-0.2, 0) is 82.5 Å². The molecule has 0 bridgehead atoms. The molecule has 0 rings (SSSR count). The Labute approximate surface area is 162 Å². The van der Waals surface area contributed by atoms with E-state index in [2.05, 4.69) is 0 Å². The Morgan fingerprint density at radius 2 is 0.400 bits per heavy atom. The smallest absolute Gasteiger partial charge is 0.450 e. The molecule has 0 aliphatic carbocycles. The summed E-state index contributed by atoms with van der Waals surface area (Å²) in [6.45, 7) is 0. The van der Waals surface area contributed by atoms with Gasteiger partial charge >= 0.3 is 12.3 Å². The van der Waals surface area contributed by atoms with Crippen molar-refractivity contribution in [3.8, 4) is 0 Å². The fourth-order valence-corrected chi connectivity index (χ4v) is 0. The van der Waals surface area contributed by atoms with E-state index < -0.39 is 12.3 Å². The van der Waals surface area contributed by atoms with E-state index in [9.17, 15) is 0 Å². The summed E-state index contributed by atoms with van der Waals surface area (Å²) in [5, 5.41) is 27.9. The second-order valence-electron chi connectivity index (χ2n) is 0.565. The molecule has 0 saturated heterocycles. The SMILES string of the molecule is O.O.O.O.O.O.O.O=C(O)O.O=C(O)O.[Ni].[Ni].[Ni].[Ni].[Ni]. The maximum atomic E-state index is 8.56. The van der Waals surface area contributed by atoms with Crippen LogP contribution < -0.4 is 0 Å². The molecule has 20 heavy (non-hydrogen) atoms. The molecule has 0 aliphatic heterocycles. The fraction of sp³-hybridized carbons (Fsp3) is 0. The summed E-state index contributed by atoms with van der Waals surface area (Å²) in [4.78, 5) is 17.1. The van der Waals surface area contributed by atoms with Crippen LogP contribution in [0.3, 0.4) is 0 Å². The maximum absolute atomic E-state index is 8.56. The second kappa shape index (κ2) is 153. The topological polar surface area (TPSA) is 336 Å². The number of hydrogen-bond donors (Lipinski definition) is 4. The minimum atomic E-state index is -1.83. The predicted octanol–water partition coefficient (Wildman–Crippen LogP) is -5.34. The molecule has 0 aromatic carbocycles. The average molecular weight is 544 g/mol. The molecule has 0 aromatic rings. The second-order valence-corrected chi connectivity index (χ2v) is 0.565. The van der Waals surface area contributed by atoms with Crippen molar-refractivity contribution in [1.29, 1.82) is 0 Å². The third kappa shape index (κ3) is 11100. The van der Waals surface area contributed by atoms with Crippen molar-refractivity contribution in [2.45, 2.75) is 0 Å². The van der Waals surface area contributed by atoms with Crippen molar-refractivity contribution >= 4 is 12.3 Å². The van der Waals surface area contributed by atoms with Crippen molar-refractivity contribution in [1.82, 2.24) is 0 Å². The van der Waals surface area contributed by atoms with Gasteiger partial charge in [-0.3, -0.25) is 0 Å². The van der Waals surface area contributed by atoms with Crippen molar-refractivity contribution < 1.29 is 151 Å². The molecule has 0 radical (unpaired) electrons. The summed E-state index contributed by atoms with van der Waals surface area (Å²) in [5.41, 5.74) is 0. The Hall–Kier alpha value is 0.728. The van der Waals surface area contributed by atoms with E-state index in [1.807, 2.05) is 0 Å². The molecule has 0 spiro atoms. The standard InChI is InChI=1S/2CH2O3.5Ni.7H2O/c2*2-1(3)4;;;;;;;;;;;;/h2*(H2,2,3,4);;;;;;7*1H2. The third-order valence-corrected chi connectivity index (χ3v) is 0. The van der Waals surface area contributed by atoms with Gasteiger partial charge in [-0.15, -0.1) is 0 Å². The van der Waals surface area contributed by atoms with E-state index in [1.165, 1.54) is 0 Å². The zero-order valence-electron chi connectivity index (χ0n) is 8.69. The normalized spacial score (nSPS) is 2.40. The van der Waals surface area contributed by atoms with Gasteiger partial charge in [0.05, 0.1) is 0 Å². The first kappa shape index (κ1) is 178. The van der Waals surface area contributed by atoms with Crippen LogP contribution in [0.15, 0.2) is 0 Å². The molecular formula is C2H18Ni5O13. The molecule has 0 unspecified atom stereocenters. The molecule has 154 valence electrons. The van der Waals surface area contributed by atoms with Gasteiger partial charge < -0.3 is 58.8 Å². The number of carboxylic acid groups (broad SMARTS) is 4. The van der Waals surface area contributed by atoms with Gasteiger partial charge in [0.1, 0.15) is 0 Å². The van der Waals surface area contributed by atoms with E-state index in [0.29, 0.717) is 0 Å². The van der Waals surface area contributed by atoms with Crippen LogP contribution in [0.4, 0.5) is 9.59 Å². The van der Waals surface area contributed by atoms with E-state index in [4.69, 9.17) is 30.0 Å². The van der Waals surface area contributed by atoms with Gasteiger partial charge in [0.15, 0.2) is 0 Å². The molecule has 0 atom stereocenters. The number of carbonyl (C=O) groups is 2. The van der Waals surface area contributed by atoms with Gasteiger partial charge in [0.25, 0.3) is 0 Å². The van der Waals surface area contributed by atoms with Crippen LogP contribution in [0.2, 0.25) is 0 Å². The molecular weight excluding hydrogens is 525 g/mol. The minimum Gasteiger partial charge on any atom is -0.450 e. The molecule has 18 heteroatoms. The predicted molar refractivity (Wildman–Crippen MR) is 46.6 cm³/mol. The molecule has 0 saturated carbocycles. The molecule has 18 N–H and O–H groups in total. The van der Waals surface area contributed by atoms with Gasteiger partial charge in [0.2, 0.25) is 0 Å². The number of hydrogen-bond acceptors (Lipinski definition) is 2. The van der Waals surface area contributed by atoms with Gasteiger partial charge in [0, 0.05) is 82.5 Å². The summed E-state index contributed by atoms with van der Waals surface area (Å²) in [7, 11) is 0. The van der Waals surface area contributed by atoms with Crippen LogP contribution in [0.1, 0.15) is 0 Å². The molecule has 0 aromatic heterocycles. The van der Waals surface area contributed by atoms with Crippen molar-refractivity contribution in [3.63, 3.8) is 0 Å². The van der Waals surface area contributed by atoms with Crippen LogP contribution >= 0.6 is 0 Å². The molecule has 0 heterocycles. The zero-order valence-corrected chi connectivity index (χ0v) is 13.6. The number of rotatable bonds is 0. The molecule has 13 nitrogen and oxygen atoms in total.